The molecule has 0 aliphatic carbocycles. The van der Waals surface area contributed by atoms with E-state index in [0.717, 1.165) is 0 Å². The third kappa shape index (κ3) is 2.03. The number of hydrogen-bond donors (Lipinski definition) is 2. The van der Waals surface area contributed by atoms with Gasteiger partial charge in [-0.25, -0.2) is 0 Å². The highest BCUT2D eigenvalue weighted by atomic mass is 32.3. The molecule has 8 heavy (non-hydrogen) atoms. The molecule has 52 valence electrons. The Hall–Kier alpha value is 0.270. The fourth-order valence-electron chi connectivity index (χ4n) is 0.171. The van der Waals surface area contributed by atoms with E-state index in [1.54, 1.807) is 0 Å². The summed E-state index contributed by atoms with van der Waals surface area (Å²) >= 11 is 0. The van der Waals surface area contributed by atoms with Crippen molar-refractivity contribution in [3.05, 3.63) is 0 Å². The van der Waals surface area contributed by atoms with Crippen molar-refractivity contribution in [1.82, 2.24) is 4.72 Å². The highest BCUT2D eigenvalue weighted by molar-refractivity contribution is 8.31. The first-order valence-electron chi connectivity index (χ1n) is 2.59. The van der Waals surface area contributed by atoms with Crippen molar-refractivity contribution in [2.45, 2.75) is 12.4 Å². The third-order valence-electron chi connectivity index (χ3n) is 1.38. The van der Waals surface area contributed by atoms with Crippen LogP contribution < -0.4 is 4.72 Å². The lowest BCUT2D eigenvalue weighted by Crippen LogP contribution is -2.23. The fraction of sp³-hybridized carbons (Fsp3) is 1.00. The molecule has 2 N–H and O–H groups in total. The standard InChI is InChI=1S/C5H15NOS/c1-5(7)8(3,4)6-2/h5-7H,1-4H3/t5-/m1/s1. The molecule has 3 heteroatoms. The number of rotatable bonds is 2. The van der Waals surface area contributed by atoms with Crippen molar-refractivity contribution >= 4 is 10.2 Å². The molecule has 0 aliphatic rings. The average Bonchev–Trinajstić information content (AvgIpc) is 1.67. The van der Waals surface area contributed by atoms with Crippen LogP contribution in [-0.4, -0.2) is 30.1 Å². The summed E-state index contributed by atoms with van der Waals surface area (Å²) in [4.78, 5) is 0. The molecule has 0 saturated heterocycles. The Balaban J connectivity index is 3.71. The van der Waals surface area contributed by atoms with Crippen LogP contribution in [0.3, 0.4) is 0 Å². The summed E-state index contributed by atoms with van der Waals surface area (Å²) in [6.07, 6.45) is 4.08. The maximum absolute atomic E-state index is 9.05. The SMILES string of the molecule is CNS(C)(C)[C@H](C)O. The lowest BCUT2D eigenvalue weighted by atomic mass is 10.9. The zero-order valence-electron chi connectivity index (χ0n) is 5.93. The highest BCUT2D eigenvalue weighted by Crippen LogP contribution is 2.37. The smallest absolute Gasteiger partial charge is 0.0919 e. The van der Waals surface area contributed by atoms with E-state index >= 15 is 0 Å². The second-order valence-electron chi connectivity index (χ2n) is 2.21. The summed E-state index contributed by atoms with van der Waals surface area (Å²) in [5.74, 6) is 0. The second kappa shape index (κ2) is 2.71. The van der Waals surface area contributed by atoms with Crippen LogP contribution in [0, 0.1) is 0 Å². The van der Waals surface area contributed by atoms with Gasteiger partial charge in [0.2, 0.25) is 0 Å². The first kappa shape index (κ1) is 8.27. The van der Waals surface area contributed by atoms with Gasteiger partial charge in [0.15, 0.2) is 0 Å². The van der Waals surface area contributed by atoms with E-state index in [4.69, 9.17) is 5.11 Å². The zero-order chi connectivity index (χ0) is 6.78. The van der Waals surface area contributed by atoms with Gasteiger partial charge in [-0.3, -0.25) is 4.72 Å². The van der Waals surface area contributed by atoms with Gasteiger partial charge in [-0.05, 0) is 26.5 Å². The van der Waals surface area contributed by atoms with E-state index in [0.29, 0.717) is 0 Å². The van der Waals surface area contributed by atoms with Gasteiger partial charge < -0.3 is 5.11 Å². The van der Waals surface area contributed by atoms with Crippen LogP contribution in [-0.2, 0) is 0 Å². The van der Waals surface area contributed by atoms with Crippen molar-refractivity contribution < 1.29 is 5.11 Å². The van der Waals surface area contributed by atoms with Crippen molar-refractivity contribution in [2.24, 2.45) is 0 Å². The molecule has 0 bridgehead atoms. The van der Waals surface area contributed by atoms with Crippen LogP contribution >= 0.6 is 10.2 Å². The molecule has 0 amide bonds. The van der Waals surface area contributed by atoms with Gasteiger partial charge in [0, 0.05) is 0 Å². The summed E-state index contributed by atoms with van der Waals surface area (Å²) in [6.45, 7) is 1.81. The summed E-state index contributed by atoms with van der Waals surface area (Å²) in [7, 11) is 0.946. The predicted octanol–water partition coefficient (Wildman–Crippen LogP) is 0.523. The maximum Gasteiger partial charge on any atom is 0.0919 e. The van der Waals surface area contributed by atoms with E-state index in [1.165, 1.54) is 0 Å². The Morgan fingerprint density at radius 3 is 1.88 bits per heavy atom. The monoisotopic (exact) mass is 137 g/mol. The third-order valence-corrected chi connectivity index (χ3v) is 4.14. The predicted molar refractivity (Wildman–Crippen MR) is 40.2 cm³/mol. The molecule has 0 radical (unpaired) electrons. The van der Waals surface area contributed by atoms with Crippen LogP contribution in [0.4, 0.5) is 0 Å². The van der Waals surface area contributed by atoms with E-state index in [-0.39, 0.29) is 5.44 Å². The van der Waals surface area contributed by atoms with Gasteiger partial charge in [-0.15, -0.1) is 0 Å². The van der Waals surface area contributed by atoms with Gasteiger partial charge in [-0.2, -0.15) is 10.2 Å². The van der Waals surface area contributed by atoms with Gasteiger partial charge in [0.1, 0.15) is 0 Å². The fourth-order valence-corrected chi connectivity index (χ4v) is 0.512. The minimum absolute atomic E-state index is 0.215. The Bertz CT molecular complexity index is 72.8. The number of nitrogens with one attached hydrogen (secondary N) is 1. The molecule has 0 heterocycles. The van der Waals surface area contributed by atoms with Crippen LogP contribution in [0.2, 0.25) is 0 Å². The molecule has 0 rings (SSSR count). The quantitative estimate of drug-likeness (QED) is 0.581. The normalized spacial score (nSPS) is 18.1. The van der Waals surface area contributed by atoms with Crippen molar-refractivity contribution in [1.29, 1.82) is 0 Å². The summed E-state index contributed by atoms with van der Waals surface area (Å²) in [5.41, 5.74) is -0.215. The van der Waals surface area contributed by atoms with Crippen molar-refractivity contribution in [3.8, 4) is 0 Å². The van der Waals surface area contributed by atoms with Gasteiger partial charge in [0.25, 0.3) is 0 Å². The van der Waals surface area contributed by atoms with Crippen LogP contribution in [0.15, 0.2) is 0 Å². The highest BCUT2D eigenvalue weighted by Gasteiger charge is 2.13. The van der Waals surface area contributed by atoms with Crippen LogP contribution in [0.1, 0.15) is 6.92 Å². The van der Waals surface area contributed by atoms with Crippen molar-refractivity contribution in [3.63, 3.8) is 0 Å². The molecule has 0 saturated carbocycles. The molecule has 0 aromatic carbocycles. The molecule has 0 spiro atoms. The maximum atomic E-state index is 9.05. The molecule has 1 atom stereocenters. The van der Waals surface area contributed by atoms with E-state index in [2.05, 4.69) is 4.72 Å². The molecule has 2 nitrogen and oxygen atoms in total. The van der Waals surface area contributed by atoms with Crippen LogP contribution in [0.5, 0.6) is 0 Å². The zero-order valence-corrected chi connectivity index (χ0v) is 6.75. The second-order valence-corrected chi connectivity index (χ2v) is 6.11. The molecule has 0 aliphatic heterocycles. The molecular formula is C5H15NOS. The van der Waals surface area contributed by atoms with E-state index < -0.39 is 10.2 Å². The lowest BCUT2D eigenvalue weighted by Gasteiger charge is -2.33. The number of aliphatic hydroxyl groups is 1. The first-order valence-corrected chi connectivity index (χ1v) is 5.10. The Labute approximate surface area is 52.7 Å². The van der Waals surface area contributed by atoms with Crippen molar-refractivity contribution in [2.75, 3.05) is 19.6 Å². The Kier molecular flexibility index (Phi) is 2.80. The summed E-state index contributed by atoms with van der Waals surface area (Å²) in [6, 6.07) is 0. The van der Waals surface area contributed by atoms with E-state index in [9.17, 15) is 0 Å². The number of hydrogen-bond acceptors (Lipinski definition) is 2. The molecule has 0 fully saturated rings. The topological polar surface area (TPSA) is 32.3 Å². The number of aliphatic hydroxyl groups excluding tert-OH is 1. The summed E-state index contributed by atoms with van der Waals surface area (Å²) < 4.78 is 3.07. The van der Waals surface area contributed by atoms with Gasteiger partial charge in [-0.1, -0.05) is 0 Å². The largest absolute Gasteiger partial charge is 0.383 e. The van der Waals surface area contributed by atoms with Gasteiger partial charge in [0.05, 0.1) is 5.44 Å². The molecule has 0 unspecified atom stereocenters. The molecular weight excluding hydrogens is 122 g/mol. The van der Waals surface area contributed by atoms with Crippen LogP contribution in [0.25, 0.3) is 0 Å². The average molecular weight is 137 g/mol. The lowest BCUT2D eigenvalue weighted by molar-refractivity contribution is 0.278. The first-order chi connectivity index (χ1) is 3.50. The Morgan fingerprint density at radius 2 is 1.88 bits per heavy atom. The minimum atomic E-state index is -0.931. The molecule has 0 aromatic rings. The minimum Gasteiger partial charge on any atom is -0.383 e. The van der Waals surface area contributed by atoms with Gasteiger partial charge >= 0.3 is 0 Å². The summed E-state index contributed by atoms with van der Waals surface area (Å²) in [5, 5.41) is 9.05. The molecule has 0 aromatic heterocycles. The Morgan fingerprint density at radius 1 is 1.50 bits per heavy atom. The van der Waals surface area contributed by atoms with E-state index in [1.807, 2.05) is 26.5 Å².